The van der Waals surface area contributed by atoms with E-state index in [1.165, 1.54) is 6.42 Å². The van der Waals surface area contributed by atoms with Gasteiger partial charge in [0.05, 0.1) is 12.3 Å². The van der Waals surface area contributed by atoms with Crippen LogP contribution in [-0.4, -0.2) is 46.6 Å². The van der Waals surface area contributed by atoms with Gasteiger partial charge in [-0.25, -0.2) is 4.98 Å². The number of carbonyl (C=O) groups excluding carboxylic acids is 1. The van der Waals surface area contributed by atoms with E-state index in [0.717, 1.165) is 48.3 Å². The number of hydrogen-bond donors (Lipinski definition) is 1. The van der Waals surface area contributed by atoms with Gasteiger partial charge in [-0.2, -0.15) is 0 Å². The Kier molecular flexibility index (Phi) is 8.41. The fourth-order valence-electron chi connectivity index (χ4n) is 4.76. The van der Waals surface area contributed by atoms with Crippen molar-refractivity contribution in [2.24, 2.45) is 0 Å². The van der Waals surface area contributed by atoms with Crippen molar-refractivity contribution in [3.63, 3.8) is 0 Å². The number of benzene rings is 2. The normalized spacial score (nSPS) is 13.9. The molecule has 0 spiro atoms. The van der Waals surface area contributed by atoms with E-state index in [-0.39, 0.29) is 18.4 Å². The van der Waals surface area contributed by atoms with Gasteiger partial charge >= 0.3 is 5.97 Å². The topological polar surface area (TPSA) is 92.9 Å². The summed E-state index contributed by atoms with van der Waals surface area (Å²) in [4.78, 5) is 31.1. The molecule has 7 nitrogen and oxygen atoms in total. The summed E-state index contributed by atoms with van der Waals surface area (Å²) < 4.78 is 11.8. The van der Waals surface area contributed by atoms with Crippen molar-refractivity contribution in [3.8, 4) is 17.2 Å². The molecule has 0 unspecified atom stereocenters. The summed E-state index contributed by atoms with van der Waals surface area (Å²) in [5, 5.41) is 9.16. The highest BCUT2D eigenvalue weighted by Gasteiger charge is 2.25. The highest BCUT2D eigenvalue weighted by molar-refractivity contribution is 5.96. The maximum absolute atomic E-state index is 13.4. The van der Waals surface area contributed by atoms with Crippen LogP contribution in [0.25, 0.3) is 11.5 Å². The largest absolute Gasteiger partial charge is 0.493 e. The van der Waals surface area contributed by atoms with Crippen LogP contribution >= 0.6 is 0 Å². The van der Waals surface area contributed by atoms with Gasteiger partial charge in [0.25, 0.3) is 5.91 Å². The summed E-state index contributed by atoms with van der Waals surface area (Å²) in [6.45, 7) is 2.27. The number of aryl methyl sites for hydroxylation is 2. The van der Waals surface area contributed by atoms with Crippen LogP contribution in [0.5, 0.6) is 5.75 Å². The molecule has 1 saturated carbocycles. The van der Waals surface area contributed by atoms with Gasteiger partial charge in [0.15, 0.2) is 0 Å². The molecule has 4 rings (SSSR count). The van der Waals surface area contributed by atoms with Crippen LogP contribution in [0, 0.1) is 6.92 Å². The Morgan fingerprint density at radius 1 is 1.08 bits per heavy atom. The molecule has 1 amide bonds. The van der Waals surface area contributed by atoms with E-state index in [4.69, 9.17) is 14.3 Å². The van der Waals surface area contributed by atoms with Crippen molar-refractivity contribution in [1.82, 2.24) is 9.88 Å². The third-order valence-corrected chi connectivity index (χ3v) is 6.88. The van der Waals surface area contributed by atoms with E-state index in [9.17, 15) is 9.59 Å². The molecular weight excluding hydrogens is 456 g/mol. The van der Waals surface area contributed by atoms with Gasteiger partial charge in [0.2, 0.25) is 5.89 Å². The molecule has 0 bridgehead atoms. The van der Waals surface area contributed by atoms with Gasteiger partial charge in [-0.3, -0.25) is 9.59 Å². The third-order valence-electron chi connectivity index (χ3n) is 6.88. The summed E-state index contributed by atoms with van der Waals surface area (Å²) in [5.74, 6) is 0.967. The van der Waals surface area contributed by atoms with E-state index >= 15 is 0 Å². The molecule has 0 saturated heterocycles. The van der Waals surface area contributed by atoms with Gasteiger partial charge in [-0.1, -0.05) is 43.5 Å². The minimum Gasteiger partial charge on any atom is -0.493 e. The second kappa shape index (κ2) is 11.9. The first kappa shape index (κ1) is 25.5. The van der Waals surface area contributed by atoms with E-state index < -0.39 is 5.97 Å². The highest BCUT2D eigenvalue weighted by Crippen LogP contribution is 2.27. The Hall–Kier alpha value is -3.61. The summed E-state index contributed by atoms with van der Waals surface area (Å²) >= 11 is 0. The van der Waals surface area contributed by atoms with Crippen molar-refractivity contribution in [3.05, 3.63) is 71.1 Å². The number of carboxylic acids is 1. The minimum absolute atomic E-state index is 0.0250. The lowest BCUT2D eigenvalue weighted by Gasteiger charge is -2.31. The van der Waals surface area contributed by atoms with Crippen molar-refractivity contribution < 1.29 is 23.8 Å². The number of carboxylic acid groups (broad SMARTS) is 1. The van der Waals surface area contributed by atoms with Crippen LogP contribution in [0.15, 0.2) is 52.9 Å². The molecule has 1 heterocycles. The van der Waals surface area contributed by atoms with Crippen LogP contribution in [0.3, 0.4) is 0 Å². The monoisotopic (exact) mass is 490 g/mol. The Morgan fingerprint density at radius 2 is 1.83 bits per heavy atom. The lowest BCUT2D eigenvalue weighted by molar-refractivity contribution is -0.136. The van der Waals surface area contributed by atoms with E-state index in [2.05, 4.69) is 4.98 Å². The van der Waals surface area contributed by atoms with Gasteiger partial charge in [0.1, 0.15) is 11.5 Å². The number of nitrogens with zero attached hydrogens (tertiary/aromatic N) is 2. The van der Waals surface area contributed by atoms with Crippen molar-refractivity contribution in [1.29, 1.82) is 0 Å². The maximum atomic E-state index is 13.4. The van der Waals surface area contributed by atoms with Crippen LogP contribution < -0.4 is 4.74 Å². The standard InChI is InChI=1S/C29H34N2O5/c1-20-26(30-28(36-20)22-9-5-3-6-10-22)17-18-35-24-15-13-21(14-16-27(32)33)25(19-24)29(34)31(2)23-11-7-4-8-12-23/h3,5-6,9-10,13,15,19,23H,4,7-8,11-12,14,16-18H2,1-2H3,(H,32,33). The van der Waals surface area contributed by atoms with Gasteiger partial charge in [0, 0.05) is 37.1 Å². The second-order valence-electron chi connectivity index (χ2n) is 9.41. The first-order valence-corrected chi connectivity index (χ1v) is 12.7. The van der Waals surface area contributed by atoms with E-state index in [1.807, 2.05) is 55.3 Å². The number of aromatic nitrogens is 1. The smallest absolute Gasteiger partial charge is 0.303 e. The predicted molar refractivity (Wildman–Crippen MR) is 137 cm³/mol. The van der Waals surface area contributed by atoms with Crippen LogP contribution in [-0.2, 0) is 17.6 Å². The van der Waals surface area contributed by atoms with Crippen molar-refractivity contribution in [2.45, 2.75) is 64.3 Å². The molecule has 0 atom stereocenters. The van der Waals surface area contributed by atoms with Crippen molar-refractivity contribution in [2.75, 3.05) is 13.7 Å². The van der Waals surface area contributed by atoms with E-state index in [0.29, 0.717) is 36.7 Å². The molecule has 36 heavy (non-hydrogen) atoms. The Morgan fingerprint density at radius 3 is 2.56 bits per heavy atom. The molecule has 0 radical (unpaired) electrons. The van der Waals surface area contributed by atoms with Crippen LogP contribution in [0.4, 0.5) is 0 Å². The summed E-state index contributed by atoms with van der Waals surface area (Å²) in [6.07, 6.45) is 6.32. The fourth-order valence-corrected chi connectivity index (χ4v) is 4.76. The summed E-state index contributed by atoms with van der Waals surface area (Å²) in [6, 6.07) is 15.4. The molecular formula is C29H34N2O5. The van der Waals surface area contributed by atoms with Crippen LogP contribution in [0.1, 0.15) is 65.9 Å². The van der Waals surface area contributed by atoms with E-state index in [1.54, 1.807) is 12.1 Å². The van der Waals surface area contributed by atoms with Gasteiger partial charge in [-0.05, 0) is 56.0 Å². The number of oxazole rings is 1. The Balaban J connectivity index is 1.46. The SMILES string of the molecule is Cc1oc(-c2ccccc2)nc1CCOc1ccc(CCC(=O)O)c(C(=O)N(C)C2CCCCC2)c1. The average Bonchev–Trinajstić information content (AvgIpc) is 3.28. The number of aliphatic carboxylic acids is 1. The zero-order valence-corrected chi connectivity index (χ0v) is 21.0. The molecule has 1 aliphatic carbocycles. The molecule has 0 aliphatic heterocycles. The number of hydrogen-bond acceptors (Lipinski definition) is 5. The number of amides is 1. The molecule has 1 fully saturated rings. The zero-order chi connectivity index (χ0) is 25.5. The second-order valence-corrected chi connectivity index (χ2v) is 9.41. The molecule has 7 heteroatoms. The van der Waals surface area contributed by atoms with Crippen LogP contribution in [0.2, 0.25) is 0 Å². The minimum atomic E-state index is -0.882. The Bertz CT molecular complexity index is 1180. The zero-order valence-electron chi connectivity index (χ0n) is 21.0. The molecule has 1 aliphatic rings. The maximum Gasteiger partial charge on any atom is 0.303 e. The van der Waals surface area contributed by atoms with Gasteiger partial charge < -0.3 is 19.2 Å². The van der Waals surface area contributed by atoms with Gasteiger partial charge in [-0.15, -0.1) is 0 Å². The fraction of sp³-hybridized carbons (Fsp3) is 0.414. The quantitative estimate of drug-likeness (QED) is 0.392. The first-order valence-electron chi connectivity index (χ1n) is 12.7. The third kappa shape index (κ3) is 6.33. The summed E-state index contributed by atoms with van der Waals surface area (Å²) in [5.41, 5.74) is 3.01. The average molecular weight is 491 g/mol. The number of ether oxygens (including phenoxy) is 1. The number of carbonyl (C=O) groups is 2. The summed E-state index contributed by atoms with van der Waals surface area (Å²) in [7, 11) is 1.85. The first-order chi connectivity index (χ1) is 17.4. The molecule has 1 aromatic heterocycles. The molecule has 2 aromatic carbocycles. The lowest BCUT2D eigenvalue weighted by Crippen LogP contribution is -2.38. The molecule has 1 N–H and O–H groups in total. The molecule has 190 valence electrons. The van der Waals surface area contributed by atoms with Crippen molar-refractivity contribution >= 4 is 11.9 Å². The highest BCUT2D eigenvalue weighted by atomic mass is 16.5. The number of rotatable bonds is 10. The lowest BCUT2D eigenvalue weighted by atomic mass is 9.93. The molecule has 3 aromatic rings. The Labute approximate surface area is 212 Å². The predicted octanol–water partition coefficient (Wildman–Crippen LogP) is 5.69.